The summed E-state index contributed by atoms with van der Waals surface area (Å²) in [5, 5.41) is 7.98. The van der Waals surface area contributed by atoms with Gasteiger partial charge in [-0.1, -0.05) is 6.92 Å². The summed E-state index contributed by atoms with van der Waals surface area (Å²) in [4.78, 5) is 0. The largest absolute Gasteiger partial charge is 0.493 e. The van der Waals surface area contributed by atoms with Crippen LogP contribution < -0.4 is 19.9 Å². The Bertz CT molecular complexity index is 587. The van der Waals surface area contributed by atoms with Crippen LogP contribution in [0.5, 0.6) is 17.2 Å². The highest BCUT2D eigenvalue weighted by atomic mass is 16.5. The molecular formula is C14H19N3O4. The van der Waals surface area contributed by atoms with E-state index in [-0.39, 0.29) is 6.04 Å². The number of ether oxygens (including phenoxy) is 3. The Morgan fingerprint density at radius 3 is 2.19 bits per heavy atom. The number of aromatic nitrogens is 2. The molecule has 7 nitrogen and oxygen atoms in total. The average molecular weight is 293 g/mol. The predicted molar refractivity (Wildman–Crippen MR) is 76.6 cm³/mol. The Labute approximate surface area is 123 Å². The third-order valence-electron chi connectivity index (χ3n) is 3.11. The van der Waals surface area contributed by atoms with E-state index in [2.05, 4.69) is 10.2 Å². The predicted octanol–water partition coefficient (Wildman–Crippen LogP) is 2.17. The van der Waals surface area contributed by atoms with Crippen LogP contribution in [-0.4, -0.2) is 31.5 Å². The molecule has 2 aromatic rings. The second-order valence-electron chi connectivity index (χ2n) is 4.37. The maximum Gasteiger partial charge on any atom is 0.248 e. The van der Waals surface area contributed by atoms with Gasteiger partial charge >= 0.3 is 0 Å². The molecule has 21 heavy (non-hydrogen) atoms. The van der Waals surface area contributed by atoms with Gasteiger partial charge in [0.2, 0.25) is 17.5 Å². The Morgan fingerprint density at radius 2 is 1.71 bits per heavy atom. The van der Waals surface area contributed by atoms with E-state index in [0.29, 0.717) is 34.6 Å². The van der Waals surface area contributed by atoms with Gasteiger partial charge < -0.3 is 24.4 Å². The van der Waals surface area contributed by atoms with Crippen molar-refractivity contribution in [2.24, 2.45) is 5.73 Å². The lowest BCUT2D eigenvalue weighted by Gasteiger charge is -2.12. The number of nitrogens with zero attached hydrogens (tertiary/aromatic N) is 2. The molecule has 0 saturated heterocycles. The van der Waals surface area contributed by atoms with Crippen molar-refractivity contribution in [1.82, 2.24) is 10.2 Å². The zero-order chi connectivity index (χ0) is 15.4. The molecule has 2 rings (SSSR count). The van der Waals surface area contributed by atoms with Gasteiger partial charge in [-0.25, -0.2) is 0 Å². The van der Waals surface area contributed by atoms with Crippen LogP contribution in [0.1, 0.15) is 25.3 Å². The van der Waals surface area contributed by atoms with E-state index in [4.69, 9.17) is 24.4 Å². The van der Waals surface area contributed by atoms with Crippen molar-refractivity contribution < 1.29 is 18.6 Å². The first-order valence-corrected chi connectivity index (χ1v) is 6.53. The Kier molecular flexibility index (Phi) is 4.64. The van der Waals surface area contributed by atoms with Crippen LogP contribution in [0.15, 0.2) is 16.5 Å². The van der Waals surface area contributed by atoms with E-state index in [9.17, 15) is 0 Å². The van der Waals surface area contributed by atoms with Gasteiger partial charge in [0.15, 0.2) is 11.5 Å². The molecule has 0 aliphatic heterocycles. The van der Waals surface area contributed by atoms with E-state index < -0.39 is 0 Å². The Balaban J connectivity index is 2.46. The maximum atomic E-state index is 5.88. The minimum Gasteiger partial charge on any atom is -0.493 e. The zero-order valence-electron chi connectivity index (χ0n) is 12.5. The summed E-state index contributed by atoms with van der Waals surface area (Å²) in [7, 11) is 4.64. The SMILES string of the molecule is CCC(N)c1nnc(-c2cc(OC)c(OC)c(OC)c2)o1. The number of rotatable bonds is 6. The van der Waals surface area contributed by atoms with Gasteiger partial charge in [0.05, 0.1) is 27.4 Å². The van der Waals surface area contributed by atoms with E-state index in [1.165, 1.54) is 0 Å². The third-order valence-corrected chi connectivity index (χ3v) is 3.11. The van der Waals surface area contributed by atoms with Crippen molar-refractivity contribution in [2.75, 3.05) is 21.3 Å². The number of hydrogen-bond donors (Lipinski definition) is 1. The van der Waals surface area contributed by atoms with Crippen LogP contribution >= 0.6 is 0 Å². The van der Waals surface area contributed by atoms with Gasteiger partial charge in [-0.2, -0.15) is 0 Å². The highest BCUT2D eigenvalue weighted by Crippen LogP contribution is 2.40. The second-order valence-corrected chi connectivity index (χ2v) is 4.37. The molecule has 0 bridgehead atoms. The molecule has 0 saturated carbocycles. The van der Waals surface area contributed by atoms with Crippen molar-refractivity contribution in [3.8, 4) is 28.7 Å². The minimum atomic E-state index is -0.270. The summed E-state index contributed by atoms with van der Waals surface area (Å²) in [6, 6.07) is 3.22. The van der Waals surface area contributed by atoms with Crippen molar-refractivity contribution in [3.63, 3.8) is 0 Å². The topological polar surface area (TPSA) is 92.6 Å². The molecule has 2 N–H and O–H groups in total. The van der Waals surface area contributed by atoms with Gasteiger partial charge in [0.25, 0.3) is 0 Å². The molecule has 1 aromatic carbocycles. The average Bonchev–Trinajstić information content (AvgIpc) is 3.02. The molecular weight excluding hydrogens is 274 g/mol. The molecule has 1 atom stereocenters. The number of hydrogen-bond acceptors (Lipinski definition) is 7. The molecule has 1 heterocycles. The first-order valence-electron chi connectivity index (χ1n) is 6.53. The van der Waals surface area contributed by atoms with E-state index in [1.54, 1.807) is 33.5 Å². The molecule has 0 fully saturated rings. The lowest BCUT2D eigenvalue weighted by molar-refractivity contribution is 0.324. The third kappa shape index (κ3) is 2.92. The smallest absolute Gasteiger partial charge is 0.248 e. The maximum absolute atomic E-state index is 5.88. The molecule has 0 aliphatic rings. The summed E-state index contributed by atoms with van der Waals surface area (Å²) < 4.78 is 21.5. The number of benzene rings is 1. The minimum absolute atomic E-state index is 0.270. The summed E-state index contributed by atoms with van der Waals surface area (Å²) >= 11 is 0. The van der Waals surface area contributed by atoms with E-state index in [1.807, 2.05) is 6.92 Å². The van der Waals surface area contributed by atoms with Crippen LogP contribution in [0.2, 0.25) is 0 Å². The van der Waals surface area contributed by atoms with Crippen LogP contribution in [0.4, 0.5) is 0 Å². The second kappa shape index (κ2) is 6.45. The molecule has 0 aliphatic carbocycles. The van der Waals surface area contributed by atoms with Crippen LogP contribution in [0, 0.1) is 0 Å². The first kappa shape index (κ1) is 15.1. The van der Waals surface area contributed by atoms with Crippen LogP contribution in [-0.2, 0) is 0 Å². The lowest BCUT2D eigenvalue weighted by Crippen LogP contribution is -2.08. The van der Waals surface area contributed by atoms with Crippen molar-refractivity contribution in [3.05, 3.63) is 18.0 Å². The van der Waals surface area contributed by atoms with Crippen molar-refractivity contribution >= 4 is 0 Å². The fraction of sp³-hybridized carbons (Fsp3) is 0.429. The highest BCUT2D eigenvalue weighted by molar-refractivity contribution is 5.65. The monoisotopic (exact) mass is 293 g/mol. The van der Waals surface area contributed by atoms with Crippen LogP contribution in [0.25, 0.3) is 11.5 Å². The van der Waals surface area contributed by atoms with Gasteiger partial charge in [0, 0.05) is 5.56 Å². The standard InChI is InChI=1S/C14H19N3O4/c1-5-9(15)14-17-16-13(21-14)8-6-10(18-2)12(20-4)11(7-8)19-3/h6-7,9H,5,15H2,1-4H3. The van der Waals surface area contributed by atoms with Gasteiger partial charge in [-0.05, 0) is 18.6 Å². The van der Waals surface area contributed by atoms with Gasteiger partial charge in [-0.15, -0.1) is 10.2 Å². The molecule has 114 valence electrons. The summed E-state index contributed by atoms with van der Waals surface area (Å²) in [5.41, 5.74) is 6.55. The highest BCUT2D eigenvalue weighted by Gasteiger charge is 2.18. The first-order chi connectivity index (χ1) is 10.1. The van der Waals surface area contributed by atoms with E-state index in [0.717, 1.165) is 6.42 Å². The molecule has 1 aromatic heterocycles. The molecule has 7 heteroatoms. The summed E-state index contributed by atoms with van der Waals surface area (Å²) in [6.45, 7) is 1.95. The molecule has 0 spiro atoms. The summed E-state index contributed by atoms with van der Waals surface area (Å²) in [5.74, 6) is 2.31. The number of nitrogens with two attached hydrogens (primary N) is 1. The normalized spacial score (nSPS) is 12.0. The summed E-state index contributed by atoms with van der Waals surface area (Å²) in [6.07, 6.45) is 0.719. The molecule has 1 unspecified atom stereocenters. The quantitative estimate of drug-likeness (QED) is 0.872. The number of methoxy groups -OCH3 is 3. The van der Waals surface area contributed by atoms with Crippen molar-refractivity contribution in [1.29, 1.82) is 0 Å². The Hall–Kier alpha value is -2.28. The molecule has 0 radical (unpaired) electrons. The molecule has 0 amide bonds. The fourth-order valence-corrected chi connectivity index (χ4v) is 1.88. The van der Waals surface area contributed by atoms with Gasteiger partial charge in [-0.3, -0.25) is 0 Å². The van der Waals surface area contributed by atoms with Gasteiger partial charge in [0.1, 0.15) is 0 Å². The Morgan fingerprint density at radius 1 is 1.10 bits per heavy atom. The van der Waals surface area contributed by atoms with Crippen LogP contribution in [0.3, 0.4) is 0 Å². The van der Waals surface area contributed by atoms with E-state index >= 15 is 0 Å². The van der Waals surface area contributed by atoms with Crippen molar-refractivity contribution in [2.45, 2.75) is 19.4 Å². The lowest BCUT2D eigenvalue weighted by atomic mass is 10.2. The zero-order valence-corrected chi connectivity index (χ0v) is 12.5. The fourth-order valence-electron chi connectivity index (χ4n) is 1.88.